The van der Waals surface area contributed by atoms with Crippen LogP contribution < -0.4 is 9.46 Å². The lowest BCUT2D eigenvalue weighted by atomic mass is 10.1. The molecule has 3 rings (SSSR count). The van der Waals surface area contributed by atoms with E-state index in [1.54, 1.807) is 15.2 Å². The van der Waals surface area contributed by atoms with Crippen LogP contribution in [0.2, 0.25) is 0 Å². The first-order chi connectivity index (χ1) is 13.0. The van der Waals surface area contributed by atoms with Gasteiger partial charge in [-0.3, -0.25) is 18.9 Å². The van der Waals surface area contributed by atoms with Crippen molar-refractivity contribution in [3.63, 3.8) is 0 Å². The highest BCUT2D eigenvalue weighted by atomic mass is 32.2. The van der Waals surface area contributed by atoms with Crippen LogP contribution >= 0.6 is 11.5 Å². The van der Waals surface area contributed by atoms with Crippen molar-refractivity contribution in [1.29, 1.82) is 0 Å². The third kappa shape index (κ3) is 4.40. The first kappa shape index (κ1) is 19.2. The predicted octanol–water partition coefficient (Wildman–Crippen LogP) is 0.694. The van der Waals surface area contributed by atoms with Crippen LogP contribution in [-0.2, 0) is 11.3 Å². The van der Waals surface area contributed by atoms with E-state index in [4.69, 9.17) is 9.29 Å². The van der Waals surface area contributed by atoms with Crippen molar-refractivity contribution < 1.29 is 23.1 Å². The smallest absolute Gasteiger partial charge is 0.275 e. The number of methoxy groups -OCH3 is 1. The highest BCUT2D eigenvalue weighted by molar-refractivity contribution is 7.80. The maximum Gasteiger partial charge on any atom is 0.275 e. The lowest BCUT2D eigenvalue weighted by molar-refractivity contribution is 0.0530. The van der Waals surface area contributed by atoms with E-state index in [2.05, 4.69) is 14.3 Å². The van der Waals surface area contributed by atoms with Crippen LogP contribution in [0.5, 0.6) is 5.75 Å². The van der Waals surface area contributed by atoms with E-state index in [0.717, 1.165) is 11.5 Å². The number of ether oxygens (including phenoxy) is 1. The third-order valence-electron chi connectivity index (χ3n) is 4.07. The number of nitrogens with one attached hydrogen (secondary N) is 1. The minimum absolute atomic E-state index is 0.194. The number of amides is 2. The summed E-state index contributed by atoms with van der Waals surface area (Å²) in [4.78, 5) is 28.4. The number of rotatable bonds is 5. The molecule has 12 heteroatoms. The summed E-state index contributed by atoms with van der Waals surface area (Å²) < 4.78 is 31.0. The molecular weight excluding hydrogens is 394 g/mol. The molecule has 2 N–H and O–H groups in total. The second-order valence-corrected chi connectivity index (χ2v) is 6.95. The molecule has 1 aromatic heterocycles. The van der Waals surface area contributed by atoms with Crippen LogP contribution in [0, 0.1) is 0 Å². The predicted molar refractivity (Wildman–Crippen MR) is 99.1 cm³/mol. The second kappa shape index (κ2) is 8.41. The highest BCUT2D eigenvalue weighted by Crippen LogP contribution is 2.25. The molecule has 1 unspecified atom stereocenters. The van der Waals surface area contributed by atoms with Gasteiger partial charge in [0.1, 0.15) is 5.75 Å². The van der Waals surface area contributed by atoms with Crippen LogP contribution in [0.3, 0.4) is 0 Å². The molecule has 0 aliphatic carbocycles. The number of benzene rings is 1. The molecule has 0 bridgehead atoms. The first-order valence-electron chi connectivity index (χ1n) is 7.90. The minimum atomic E-state index is -2.22. The van der Waals surface area contributed by atoms with Gasteiger partial charge in [-0.25, -0.2) is 4.21 Å². The number of aromatic nitrogens is 2. The summed E-state index contributed by atoms with van der Waals surface area (Å²) in [5.74, 6) is -0.130. The molecule has 2 aromatic rings. The van der Waals surface area contributed by atoms with Crippen molar-refractivity contribution >= 4 is 40.3 Å². The molecule has 27 heavy (non-hydrogen) atoms. The molecule has 2 amide bonds. The first-order valence-corrected chi connectivity index (χ1v) is 9.85. The average Bonchev–Trinajstić information content (AvgIpc) is 3.21. The van der Waals surface area contributed by atoms with Gasteiger partial charge >= 0.3 is 0 Å². The minimum Gasteiger partial charge on any atom is -0.496 e. The molecule has 10 nitrogen and oxygen atoms in total. The highest BCUT2D eigenvalue weighted by Gasteiger charge is 2.27. The summed E-state index contributed by atoms with van der Waals surface area (Å²) in [6.07, 6.45) is 0. The molecule has 0 saturated carbocycles. The maximum atomic E-state index is 12.8. The Morgan fingerprint density at radius 3 is 2.44 bits per heavy atom. The molecule has 1 aliphatic heterocycles. The van der Waals surface area contributed by atoms with E-state index >= 15 is 0 Å². The van der Waals surface area contributed by atoms with E-state index in [0.29, 0.717) is 48.9 Å². The van der Waals surface area contributed by atoms with Gasteiger partial charge in [0, 0.05) is 37.6 Å². The zero-order valence-electron chi connectivity index (χ0n) is 14.3. The Balaban J connectivity index is 1.67. The molecule has 1 fully saturated rings. The van der Waals surface area contributed by atoms with Gasteiger partial charge in [-0.15, -0.1) is 5.10 Å². The van der Waals surface area contributed by atoms with Crippen molar-refractivity contribution in [2.24, 2.45) is 0 Å². The van der Waals surface area contributed by atoms with E-state index in [1.807, 2.05) is 0 Å². The summed E-state index contributed by atoms with van der Waals surface area (Å²) in [5, 5.41) is 5.38. The van der Waals surface area contributed by atoms with E-state index in [1.165, 1.54) is 25.3 Å². The lowest BCUT2D eigenvalue weighted by Gasteiger charge is -2.34. The number of hydrogen-bond acceptors (Lipinski definition) is 7. The molecule has 1 atom stereocenters. The van der Waals surface area contributed by atoms with Crippen LogP contribution in [0.4, 0.5) is 5.69 Å². The molecule has 0 radical (unpaired) electrons. The molecule has 1 aliphatic rings. The fourth-order valence-electron chi connectivity index (χ4n) is 2.73. The quantitative estimate of drug-likeness (QED) is 0.694. The third-order valence-corrected chi connectivity index (χ3v) is 4.99. The Kier molecular flexibility index (Phi) is 5.98. The Hall–Kier alpha value is -2.57. The van der Waals surface area contributed by atoms with Gasteiger partial charge < -0.3 is 14.5 Å². The van der Waals surface area contributed by atoms with Crippen LogP contribution in [0.15, 0.2) is 23.6 Å². The monoisotopic (exact) mass is 411 g/mol. The maximum absolute atomic E-state index is 12.8. The van der Waals surface area contributed by atoms with Crippen molar-refractivity contribution in [3.05, 3.63) is 34.8 Å². The molecule has 1 saturated heterocycles. The molecule has 144 valence electrons. The Labute approximate surface area is 161 Å². The van der Waals surface area contributed by atoms with Gasteiger partial charge in [0.25, 0.3) is 23.1 Å². The summed E-state index contributed by atoms with van der Waals surface area (Å²) in [5.41, 5.74) is 1.01. The van der Waals surface area contributed by atoms with E-state index < -0.39 is 11.3 Å². The number of hydrogen-bond donors (Lipinski definition) is 2. The SMILES string of the molecule is COc1cc(NS(=O)O)ccc1C(=O)N1CCN(C(=O)c2csnn2)CC1. The standard InChI is InChI=1S/C15H17N5O5S2/c1-25-13-8-10(17-27(23)24)2-3-11(13)14(21)19-4-6-20(7-5-19)15(22)12-9-26-18-16-12/h2-3,8-9,17H,4-7H2,1H3,(H,23,24). The van der Waals surface area contributed by atoms with Gasteiger partial charge in [0.2, 0.25) is 0 Å². The Morgan fingerprint density at radius 1 is 1.22 bits per heavy atom. The van der Waals surface area contributed by atoms with Crippen molar-refractivity contribution in [1.82, 2.24) is 19.4 Å². The molecular formula is C15H17N5O5S2. The van der Waals surface area contributed by atoms with E-state index in [9.17, 15) is 13.8 Å². The summed E-state index contributed by atoms with van der Waals surface area (Å²) in [6.45, 7) is 1.55. The van der Waals surface area contributed by atoms with Gasteiger partial charge in [-0.1, -0.05) is 4.49 Å². The van der Waals surface area contributed by atoms with Crippen LogP contribution in [-0.4, -0.2) is 73.3 Å². The number of piperazine rings is 1. The number of nitrogens with zero attached hydrogens (tertiary/aromatic N) is 4. The van der Waals surface area contributed by atoms with Crippen LogP contribution in [0.25, 0.3) is 0 Å². The molecule has 2 heterocycles. The van der Waals surface area contributed by atoms with Gasteiger partial charge in [0.15, 0.2) is 5.69 Å². The lowest BCUT2D eigenvalue weighted by Crippen LogP contribution is -2.50. The zero-order valence-corrected chi connectivity index (χ0v) is 16.0. The van der Waals surface area contributed by atoms with Crippen LogP contribution in [0.1, 0.15) is 20.8 Å². The number of carbonyl (C=O) groups excluding carboxylic acids is 2. The second-order valence-electron chi connectivity index (χ2n) is 5.64. The normalized spacial score (nSPS) is 15.3. The Bertz CT molecular complexity index is 852. The average molecular weight is 411 g/mol. The number of anilines is 1. The fourth-order valence-corrected chi connectivity index (χ4v) is 3.49. The summed E-state index contributed by atoms with van der Waals surface area (Å²) in [7, 11) is 1.42. The Morgan fingerprint density at radius 2 is 1.89 bits per heavy atom. The van der Waals surface area contributed by atoms with Crippen molar-refractivity contribution in [2.45, 2.75) is 0 Å². The molecule has 1 aromatic carbocycles. The summed E-state index contributed by atoms with van der Waals surface area (Å²) >= 11 is -1.10. The van der Waals surface area contributed by atoms with Crippen molar-refractivity contribution in [2.75, 3.05) is 38.0 Å². The summed E-state index contributed by atoms with van der Waals surface area (Å²) in [6, 6.07) is 4.55. The van der Waals surface area contributed by atoms with E-state index in [-0.39, 0.29) is 11.8 Å². The van der Waals surface area contributed by atoms with Gasteiger partial charge in [0.05, 0.1) is 18.4 Å². The van der Waals surface area contributed by atoms with Crippen molar-refractivity contribution in [3.8, 4) is 5.75 Å². The van der Waals surface area contributed by atoms with Gasteiger partial charge in [-0.2, -0.15) is 0 Å². The topological polar surface area (TPSA) is 125 Å². The largest absolute Gasteiger partial charge is 0.496 e. The zero-order chi connectivity index (χ0) is 19.4. The molecule has 0 spiro atoms. The number of carbonyl (C=O) groups is 2. The fraction of sp³-hybridized carbons (Fsp3) is 0.333. The van der Waals surface area contributed by atoms with Gasteiger partial charge in [-0.05, 0) is 23.7 Å².